The number of esters is 1. The Labute approximate surface area is 161 Å². The van der Waals surface area contributed by atoms with Crippen molar-refractivity contribution >= 4 is 18.0 Å². The van der Waals surface area contributed by atoms with Crippen molar-refractivity contribution in [1.29, 1.82) is 5.26 Å². The molecule has 0 aliphatic carbocycles. The van der Waals surface area contributed by atoms with Gasteiger partial charge in [-0.05, 0) is 35.9 Å². The molecule has 0 radical (unpaired) electrons. The molecule has 0 spiro atoms. The van der Waals surface area contributed by atoms with E-state index < -0.39 is 11.9 Å². The van der Waals surface area contributed by atoms with E-state index in [9.17, 15) is 9.59 Å². The van der Waals surface area contributed by atoms with Crippen LogP contribution < -0.4 is 24.7 Å². The lowest BCUT2D eigenvalue weighted by Crippen LogP contribution is -2.18. The van der Waals surface area contributed by atoms with Gasteiger partial charge in [0.2, 0.25) is 0 Å². The molecule has 0 fully saturated rings. The smallest absolute Gasteiger partial charge is 0.349 e. The van der Waals surface area contributed by atoms with Crippen LogP contribution in [0.4, 0.5) is 0 Å². The van der Waals surface area contributed by atoms with Crippen molar-refractivity contribution in [3.8, 4) is 29.1 Å². The highest BCUT2D eigenvalue weighted by molar-refractivity contribution is 6.00. The average molecular weight is 382 g/mol. The Morgan fingerprint density at radius 1 is 1.04 bits per heavy atom. The van der Waals surface area contributed by atoms with Gasteiger partial charge in [0, 0.05) is 0 Å². The normalized spacial score (nSPS) is 10.5. The number of primary amides is 1. The maximum atomic E-state index is 12.1. The predicted molar refractivity (Wildman–Crippen MR) is 99.9 cm³/mol. The van der Waals surface area contributed by atoms with Crippen LogP contribution in [0.3, 0.4) is 0 Å². The van der Waals surface area contributed by atoms with Gasteiger partial charge in [-0.3, -0.25) is 4.79 Å². The summed E-state index contributed by atoms with van der Waals surface area (Å²) in [5.74, 6) is -0.198. The first-order valence-electron chi connectivity index (χ1n) is 8.04. The molecule has 1 amide bonds. The molecule has 8 heteroatoms. The van der Waals surface area contributed by atoms with Crippen LogP contribution in [0.2, 0.25) is 0 Å². The zero-order valence-electron chi connectivity index (χ0n) is 15.3. The van der Waals surface area contributed by atoms with E-state index in [1.54, 1.807) is 36.4 Å². The first kappa shape index (κ1) is 20.3. The molecule has 0 saturated heterocycles. The maximum absolute atomic E-state index is 12.1. The van der Waals surface area contributed by atoms with Gasteiger partial charge < -0.3 is 24.7 Å². The quantitative estimate of drug-likeness (QED) is 0.321. The van der Waals surface area contributed by atoms with Gasteiger partial charge in [0.1, 0.15) is 11.6 Å². The Bertz CT molecular complexity index is 946. The van der Waals surface area contributed by atoms with Crippen LogP contribution in [0.15, 0.2) is 48.0 Å². The van der Waals surface area contributed by atoms with E-state index in [1.165, 1.54) is 32.4 Å². The van der Waals surface area contributed by atoms with Crippen LogP contribution in [-0.4, -0.2) is 32.7 Å². The van der Waals surface area contributed by atoms with Crippen LogP contribution in [-0.2, 0) is 9.59 Å². The SMILES string of the molecule is COc1ccccc1OCC(=O)Oc1ccc(/C=C(\C#N)C(N)=O)cc1OC. The summed E-state index contributed by atoms with van der Waals surface area (Å²) in [4.78, 5) is 23.2. The topological polar surface area (TPSA) is 121 Å². The third-order valence-electron chi connectivity index (χ3n) is 3.52. The molecule has 0 saturated carbocycles. The van der Waals surface area contributed by atoms with E-state index in [1.807, 2.05) is 0 Å². The van der Waals surface area contributed by atoms with Crippen molar-refractivity contribution in [2.75, 3.05) is 20.8 Å². The van der Waals surface area contributed by atoms with Gasteiger partial charge >= 0.3 is 5.97 Å². The Morgan fingerprint density at radius 2 is 1.71 bits per heavy atom. The van der Waals surface area contributed by atoms with Crippen molar-refractivity contribution in [2.24, 2.45) is 5.73 Å². The number of para-hydroxylation sites is 2. The third-order valence-corrected chi connectivity index (χ3v) is 3.52. The number of rotatable bonds is 8. The zero-order chi connectivity index (χ0) is 20.5. The Morgan fingerprint density at radius 3 is 2.32 bits per heavy atom. The van der Waals surface area contributed by atoms with Crippen molar-refractivity contribution in [1.82, 2.24) is 0 Å². The number of carbonyl (C=O) groups excluding carboxylic acids is 2. The minimum absolute atomic E-state index is 0.158. The molecule has 2 aromatic rings. The summed E-state index contributed by atoms with van der Waals surface area (Å²) in [6, 6.07) is 13.1. The van der Waals surface area contributed by atoms with E-state index in [0.717, 1.165) is 0 Å². The molecule has 0 unspecified atom stereocenters. The van der Waals surface area contributed by atoms with Crippen LogP contribution in [0.25, 0.3) is 6.08 Å². The van der Waals surface area contributed by atoms with Gasteiger partial charge in [0.05, 0.1) is 14.2 Å². The summed E-state index contributed by atoms with van der Waals surface area (Å²) in [5, 5.41) is 8.91. The van der Waals surface area contributed by atoms with E-state index in [4.69, 9.17) is 29.9 Å². The van der Waals surface area contributed by atoms with Gasteiger partial charge in [-0.25, -0.2) is 4.79 Å². The van der Waals surface area contributed by atoms with Crippen LogP contribution in [0.1, 0.15) is 5.56 Å². The van der Waals surface area contributed by atoms with Crippen LogP contribution in [0.5, 0.6) is 23.0 Å². The fraction of sp³-hybridized carbons (Fsp3) is 0.150. The van der Waals surface area contributed by atoms with E-state index >= 15 is 0 Å². The standard InChI is InChI=1S/C20H18N2O6/c1-25-15-5-3-4-6-16(15)27-12-19(23)28-17-8-7-13(10-18(17)26-2)9-14(11-21)20(22)24/h3-10H,12H2,1-2H3,(H2,22,24)/b14-9+. The lowest BCUT2D eigenvalue weighted by molar-refractivity contribution is -0.136. The molecule has 144 valence electrons. The van der Waals surface area contributed by atoms with Gasteiger partial charge in [0.15, 0.2) is 29.6 Å². The molecular formula is C20H18N2O6. The van der Waals surface area contributed by atoms with Crippen LogP contribution in [0, 0.1) is 11.3 Å². The molecule has 0 aromatic heterocycles. The summed E-state index contributed by atoms with van der Waals surface area (Å²) >= 11 is 0. The molecule has 2 aromatic carbocycles. The minimum atomic E-state index is -0.842. The summed E-state index contributed by atoms with van der Waals surface area (Å²) in [5.41, 5.74) is 5.38. The number of nitriles is 1. The Hall–Kier alpha value is -3.99. The zero-order valence-corrected chi connectivity index (χ0v) is 15.3. The highest BCUT2D eigenvalue weighted by Gasteiger charge is 2.13. The van der Waals surface area contributed by atoms with Crippen LogP contribution >= 0.6 is 0 Å². The number of hydrogen-bond donors (Lipinski definition) is 1. The van der Waals surface area contributed by atoms with Crippen molar-refractivity contribution < 1.29 is 28.5 Å². The first-order chi connectivity index (χ1) is 13.5. The van der Waals surface area contributed by atoms with Crippen molar-refractivity contribution in [2.45, 2.75) is 0 Å². The fourth-order valence-electron chi connectivity index (χ4n) is 2.21. The highest BCUT2D eigenvalue weighted by Crippen LogP contribution is 2.30. The van der Waals surface area contributed by atoms with E-state index in [2.05, 4.69) is 0 Å². The number of methoxy groups -OCH3 is 2. The second-order valence-electron chi connectivity index (χ2n) is 5.36. The number of amides is 1. The predicted octanol–water partition coefficient (Wildman–Crippen LogP) is 2.08. The molecule has 0 aliphatic rings. The van der Waals surface area contributed by atoms with E-state index in [0.29, 0.717) is 17.1 Å². The monoisotopic (exact) mass is 382 g/mol. The molecule has 2 N–H and O–H groups in total. The molecular weight excluding hydrogens is 364 g/mol. The third kappa shape index (κ3) is 5.25. The Kier molecular flexibility index (Phi) is 6.99. The number of nitrogens with zero attached hydrogens (tertiary/aromatic N) is 1. The summed E-state index contributed by atoms with van der Waals surface area (Å²) in [6.07, 6.45) is 1.31. The number of hydrogen-bond acceptors (Lipinski definition) is 7. The number of nitrogens with two attached hydrogens (primary N) is 1. The highest BCUT2D eigenvalue weighted by atomic mass is 16.6. The van der Waals surface area contributed by atoms with Crippen molar-refractivity contribution in [3.63, 3.8) is 0 Å². The number of benzene rings is 2. The maximum Gasteiger partial charge on any atom is 0.349 e. The van der Waals surface area contributed by atoms with Gasteiger partial charge in [-0.1, -0.05) is 18.2 Å². The first-order valence-corrected chi connectivity index (χ1v) is 8.04. The molecule has 2 rings (SSSR count). The Balaban J connectivity index is 2.10. The van der Waals surface area contributed by atoms with Gasteiger partial charge in [-0.2, -0.15) is 5.26 Å². The number of carbonyl (C=O) groups is 2. The number of ether oxygens (including phenoxy) is 4. The average Bonchev–Trinajstić information content (AvgIpc) is 2.71. The summed E-state index contributed by atoms with van der Waals surface area (Å²) in [7, 11) is 2.89. The second kappa shape index (κ2) is 9.64. The largest absolute Gasteiger partial charge is 0.493 e. The molecule has 8 nitrogen and oxygen atoms in total. The van der Waals surface area contributed by atoms with E-state index in [-0.39, 0.29) is 23.7 Å². The molecule has 28 heavy (non-hydrogen) atoms. The lowest BCUT2D eigenvalue weighted by atomic mass is 10.1. The lowest BCUT2D eigenvalue weighted by Gasteiger charge is -2.12. The molecule has 0 aliphatic heterocycles. The molecule has 0 heterocycles. The van der Waals surface area contributed by atoms with Crippen molar-refractivity contribution in [3.05, 3.63) is 53.6 Å². The summed E-state index contributed by atoms with van der Waals surface area (Å²) in [6.45, 7) is -0.342. The summed E-state index contributed by atoms with van der Waals surface area (Å²) < 4.78 is 21.0. The fourth-order valence-corrected chi connectivity index (χ4v) is 2.21. The molecule has 0 atom stereocenters. The van der Waals surface area contributed by atoms with Gasteiger partial charge in [-0.15, -0.1) is 0 Å². The van der Waals surface area contributed by atoms with Gasteiger partial charge in [0.25, 0.3) is 5.91 Å². The minimum Gasteiger partial charge on any atom is -0.493 e. The second-order valence-corrected chi connectivity index (χ2v) is 5.36. The molecule has 0 bridgehead atoms.